The van der Waals surface area contributed by atoms with Gasteiger partial charge in [0, 0.05) is 18.3 Å². The monoisotopic (exact) mass is 288 g/mol. The lowest BCUT2D eigenvalue weighted by Gasteiger charge is -2.11. The third-order valence-electron chi connectivity index (χ3n) is 2.83. The summed E-state index contributed by atoms with van der Waals surface area (Å²) in [5.74, 6) is -0.146. The largest absolute Gasteiger partial charge is 0.374 e. The van der Waals surface area contributed by atoms with E-state index in [0.717, 1.165) is 0 Å². The first-order valence-corrected chi connectivity index (χ1v) is 6.54. The Labute approximate surface area is 121 Å². The van der Waals surface area contributed by atoms with Crippen LogP contribution in [-0.2, 0) is 4.79 Å². The molecule has 0 saturated heterocycles. The van der Waals surface area contributed by atoms with E-state index in [1.165, 1.54) is 6.07 Å². The molecule has 7 heteroatoms. The minimum absolute atomic E-state index is 0.00437. The van der Waals surface area contributed by atoms with Gasteiger partial charge < -0.3 is 10.6 Å². The summed E-state index contributed by atoms with van der Waals surface area (Å²) in [6.07, 6.45) is 1.56. The summed E-state index contributed by atoms with van der Waals surface area (Å²) in [7, 11) is 0. The van der Waals surface area contributed by atoms with Crippen molar-refractivity contribution in [2.75, 3.05) is 11.9 Å². The molecule has 0 saturated carbocycles. The summed E-state index contributed by atoms with van der Waals surface area (Å²) >= 11 is 0. The van der Waals surface area contributed by atoms with E-state index in [0.29, 0.717) is 16.6 Å². The molecule has 1 heterocycles. The zero-order valence-corrected chi connectivity index (χ0v) is 11.8. The molecule has 0 spiro atoms. The van der Waals surface area contributed by atoms with Crippen molar-refractivity contribution < 1.29 is 9.72 Å². The van der Waals surface area contributed by atoms with Crippen LogP contribution < -0.4 is 10.6 Å². The highest BCUT2D eigenvalue weighted by atomic mass is 16.6. The smallest absolute Gasteiger partial charge is 0.278 e. The van der Waals surface area contributed by atoms with Gasteiger partial charge in [0.1, 0.15) is 5.52 Å². The number of non-ortho nitro benzene ring substituents is 1. The Kier molecular flexibility index (Phi) is 4.32. The molecule has 1 aromatic heterocycles. The minimum Gasteiger partial charge on any atom is -0.374 e. The highest BCUT2D eigenvalue weighted by molar-refractivity contribution is 5.97. The van der Waals surface area contributed by atoms with Crippen molar-refractivity contribution in [1.29, 1.82) is 0 Å². The maximum atomic E-state index is 11.6. The van der Waals surface area contributed by atoms with E-state index in [2.05, 4.69) is 15.6 Å². The Morgan fingerprint density at radius 2 is 2.14 bits per heavy atom. The molecular weight excluding hydrogens is 272 g/mol. The van der Waals surface area contributed by atoms with Gasteiger partial charge in [-0.25, -0.2) is 0 Å². The summed E-state index contributed by atoms with van der Waals surface area (Å²) < 4.78 is 0. The van der Waals surface area contributed by atoms with Gasteiger partial charge in [0.05, 0.1) is 22.5 Å². The van der Waals surface area contributed by atoms with Gasteiger partial charge in [-0.15, -0.1) is 0 Å². The number of anilines is 1. The van der Waals surface area contributed by atoms with E-state index >= 15 is 0 Å². The minimum atomic E-state index is -0.445. The maximum Gasteiger partial charge on any atom is 0.278 e. The van der Waals surface area contributed by atoms with Crippen molar-refractivity contribution in [3.05, 3.63) is 40.6 Å². The summed E-state index contributed by atoms with van der Waals surface area (Å²) in [5.41, 5.74) is 1.06. The van der Waals surface area contributed by atoms with E-state index in [1.807, 2.05) is 13.8 Å². The molecule has 110 valence electrons. The van der Waals surface area contributed by atoms with Crippen molar-refractivity contribution in [3.63, 3.8) is 0 Å². The van der Waals surface area contributed by atoms with Crippen molar-refractivity contribution in [2.45, 2.75) is 19.9 Å². The van der Waals surface area contributed by atoms with Crippen LogP contribution in [0.15, 0.2) is 30.5 Å². The number of nitro benzene ring substituents is 1. The zero-order chi connectivity index (χ0) is 15.4. The van der Waals surface area contributed by atoms with Crippen LogP contribution in [0.1, 0.15) is 13.8 Å². The molecule has 0 aliphatic carbocycles. The van der Waals surface area contributed by atoms with Gasteiger partial charge in [-0.2, -0.15) is 0 Å². The lowest BCUT2D eigenvalue weighted by molar-refractivity contribution is -0.383. The number of hydrogen-bond donors (Lipinski definition) is 2. The number of pyridine rings is 1. The fourth-order valence-corrected chi connectivity index (χ4v) is 2.01. The summed E-state index contributed by atoms with van der Waals surface area (Å²) in [4.78, 5) is 26.4. The molecule has 0 fully saturated rings. The Balaban J connectivity index is 2.27. The summed E-state index contributed by atoms with van der Waals surface area (Å²) in [6, 6.07) is 6.32. The fraction of sp³-hybridized carbons (Fsp3) is 0.286. The Hall–Kier alpha value is -2.70. The van der Waals surface area contributed by atoms with Gasteiger partial charge in [-0.1, -0.05) is 0 Å². The van der Waals surface area contributed by atoms with Crippen LogP contribution in [0.2, 0.25) is 0 Å². The Bertz CT molecular complexity index is 685. The molecular formula is C14H16N4O3. The number of aromatic nitrogens is 1. The van der Waals surface area contributed by atoms with Crippen LogP contribution in [-0.4, -0.2) is 28.4 Å². The fourth-order valence-electron chi connectivity index (χ4n) is 2.01. The molecule has 2 aromatic rings. The number of fused-ring (bicyclic) bond motifs is 1. The van der Waals surface area contributed by atoms with Crippen LogP contribution in [0, 0.1) is 10.1 Å². The average molecular weight is 288 g/mol. The predicted octanol–water partition coefficient (Wildman–Crippen LogP) is 2.08. The number of nitro groups is 1. The highest BCUT2D eigenvalue weighted by Crippen LogP contribution is 2.29. The highest BCUT2D eigenvalue weighted by Gasteiger charge is 2.15. The normalized spacial score (nSPS) is 10.6. The molecule has 2 N–H and O–H groups in total. The SMILES string of the molecule is CC(C)NC(=O)CNc1ccc([N+](=O)[O-])c2cccnc12. The number of hydrogen-bond acceptors (Lipinski definition) is 5. The van der Waals surface area contributed by atoms with Crippen molar-refractivity contribution in [3.8, 4) is 0 Å². The second kappa shape index (κ2) is 6.17. The van der Waals surface area contributed by atoms with Crippen molar-refractivity contribution >= 4 is 28.2 Å². The molecule has 2 rings (SSSR count). The maximum absolute atomic E-state index is 11.6. The first-order chi connectivity index (χ1) is 9.99. The van der Waals surface area contributed by atoms with Crippen LogP contribution in [0.5, 0.6) is 0 Å². The zero-order valence-electron chi connectivity index (χ0n) is 11.8. The number of carbonyl (C=O) groups excluding carboxylic acids is 1. The number of amides is 1. The van der Waals surface area contributed by atoms with Gasteiger partial charge in [0.15, 0.2) is 0 Å². The number of carbonyl (C=O) groups is 1. The molecule has 0 bridgehead atoms. The van der Waals surface area contributed by atoms with Crippen LogP contribution in [0.4, 0.5) is 11.4 Å². The molecule has 1 aromatic carbocycles. The predicted molar refractivity (Wildman–Crippen MR) is 80.2 cm³/mol. The summed E-state index contributed by atoms with van der Waals surface area (Å²) in [5, 5.41) is 17.2. The number of rotatable bonds is 5. The van der Waals surface area contributed by atoms with Gasteiger partial charge in [-0.3, -0.25) is 19.9 Å². The van der Waals surface area contributed by atoms with E-state index in [4.69, 9.17) is 0 Å². The molecule has 0 unspecified atom stereocenters. The van der Waals surface area contributed by atoms with Gasteiger partial charge in [0.2, 0.25) is 5.91 Å². The first-order valence-electron chi connectivity index (χ1n) is 6.54. The Morgan fingerprint density at radius 3 is 2.81 bits per heavy atom. The molecule has 0 aliphatic heterocycles. The second-order valence-corrected chi connectivity index (χ2v) is 4.86. The van der Waals surface area contributed by atoms with Crippen LogP contribution in [0.25, 0.3) is 10.9 Å². The number of nitrogens with one attached hydrogen (secondary N) is 2. The van der Waals surface area contributed by atoms with Gasteiger partial charge in [0.25, 0.3) is 5.69 Å². The van der Waals surface area contributed by atoms with Crippen molar-refractivity contribution in [1.82, 2.24) is 10.3 Å². The first kappa shape index (κ1) is 14.7. The lowest BCUT2D eigenvalue weighted by atomic mass is 10.1. The molecule has 7 nitrogen and oxygen atoms in total. The molecule has 0 atom stereocenters. The molecule has 0 aliphatic rings. The number of benzene rings is 1. The second-order valence-electron chi connectivity index (χ2n) is 4.86. The molecule has 21 heavy (non-hydrogen) atoms. The van der Waals surface area contributed by atoms with E-state index in [9.17, 15) is 14.9 Å². The van der Waals surface area contributed by atoms with Gasteiger partial charge >= 0.3 is 0 Å². The van der Waals surface area contributed by atoms with Crippen LogP contribution >= 0.6 is 0 Å². The standard InChI is InChI=1S/C14H16N4O3/c1-9(2)17-13(19)8-16-11-5-6-12(18(20)21)10-4-3-7-15-14(10)11/h3-7,9,16H,8H2,1-2H3,(H,17,19). The van der Waals surface area contributed by atoms with E-state index < -0.39 is 4.92 Å². The van der Waals surface area contributed by atoms with Crippen LogP contribution in [0.3, 0.4) is 0 Å². The average Bonchev–Trinajstić information content (AvgIpc) is 2.43. The van der Waals surface area contributed by atoms with E-state index in [1.54, 1.807) is 24.4 Å². The topological polar surface area (TPSA) is 97.2 Å². The van der Waals surface area contributed by atoms with E-state index in [-0.39, 0.29) is 24.2 Å². The lowest BCUT2D eigenvalue weighted by Crippen LogP contribution is -2.34. The van der Waals surface area contributed by atoms with Gasteiger partial charge in [-0.05, 0) is 32.0 Å². The Morgan fingerprint density at radius 1 is 1.38 bits per heavy atom. The number of nitrogens with zero attached hydrogens (tertiary/aromatic N) is 2. The summed E-state index contributed by atoms with van der Waals surface area (Å²) in [6.45, 7) is 3.84. The molecule has 0 radical (unpaired) electrons. The third-order valence-corrected chi connectivity index (χ3v) is 2.83. The quantitative estimate of drug-likeness (QED) is 0.648. The van der Waals surface area contributed by atoms with Crippen molar-refractivity contribution in [2.24, 2.45) is 0 Å². The molecule has 1 amide bonds. The third kappa shape index (κ3) is 3.44.